The molecule has 0 radical (unpaired) electrons. The highest BCUT2D eigenvalue weighted by atomic mass is 16.5. The number of hydrogen-bond donors (Lipinski definition) is 2. The topological polar surface area (TPSA) is 58.6 Å². The first-order valence-corrected chi connectivity index (χ1v) is 6.64. The van der Waals surface area contributed by atoms with Crippen molar-refractivity contribution in [2.24, 2.45) is 0 Å². The van der Waals surface area contributed by atoms with Crippen LogP contribution in [-0.2, 0) is 9.53 Å². The number of rotatable bonds is 7. The van der Waals surface area contributed by atoms with E-state index in [9.17, 15) is 9.90 Å². The Hall–Kier alpha value is -0.610. The van der Waals surface area contributed by atoms with E-state index in [1.807, 2.05) is 6.92 Å². The van der Waals surface area contributed by atoms with Gasteiger partial charge in [-0.3, -0.25) is 4.79 Å². The van der Waals surface area contributed by atoms with Gasteiger partial charge >= 0.3 is 0 Å². The molecule has 0 aromatic rings. The number of carbonyl (C=O) groups excluding carboxylic acids is 1. The highest BCUT2D eigenvalue weighted by Crippen LogP contribution is 2.16. The number of carbonyl (C=O) groups is 1. The minimum Gasteiger partial charge on any atom is -0.388 e. The lowest BCUT2D eigenvalue weighted by Crippen LogP contribution is -2.40. The molecule has 1 rings (SSSR count). The molecule has 1 amide bonds. The lowest BCUT2D eigenvalue weighted by Gasteiger charge is -2.23. The van der Waals surface area contributed by atoms with Gasteiger partial charge in [0.1, 0.15) is 0 Å². The Bertz CT molecular complexity index is 235. The maximum atomic E-state index is 11.6. The highest BCUT2D eigenvalue weighted by molar-refractivity contribution is 5.75. The van der Waals surface area contributed by atoms with Crippen molar-refractivity contribution in [1.82, 2.24) is 5.32 Å². The fraction of sp³-hybridized carbons (Fsp3) is 0.923. The first-order valence-electron chi connectivity index (χ1n) is 6.64. The summed E-state index contributed by atoms with van der Waals surface area (Å²) in [5, 5.41) is 12.7. The Kier molecular flexibility index (Phi) is 5.92. The third kappa shape index (κ3) is 6.03. The van der Waals surface area contributed by atoms with Crippen LogP contribution in [0.1, 0.15) is 52.4 Å². The summed E-state index contributed by atoms with van der Waals surface area (Å²) < 4.78 is 5.46. The van der Waals surface area contributed by atoms with Crippen LogP contribution in [0.5, 0.6) is 0 Å². The minimum atomic E-state index is -0.783. The van der Waals surface area contributed by atoms with E-state index in [-0.39, 0.29) is 12.0 Å². The second-order valence-electron chi connectivity index (χ2n) is 5.20. The summed E-state index contributed by atoms with van der Waals surface area (Å²) in [5.74, 6) is 0.0110. The van der Waals surface area contributed by atoms with Gasteiger partial charge in [-0.2, -0.15) is 0 Å². The monoisotopic (exact) mass is 243 g/mol. The van der Waals surface area contributed by atoms with Crippen LogP contribution < -0.4 is 5.32 Å². The van der Waals surface area contributed by atoms with E-state index in [0.29, 0.717) is 19.4 Å². The molecule has 4 nitrogen and oxygen atoms in total. The fourth-order valence-electron chi connectivity index (χ4n) is 2.17. The predicted octanol–water partition coefficient (Wildman–Crippen LogP) is 1.61. The van der Waals surface area contributed by atoms with Crippen molar-refractivity contribution in [1.29, 1.82) is 0 Å². The smallest absolute Gasteiger partial charge is 0.220 e. The molecule has 0 spiro atoms. The van der Waals surface area contributed by atoms with Gasteiger partial charge in [-0.05, 0) is 32.6 Å². The van der Waals surface area contributed by atoms with E-state index in [0.717, 1.165) is 32.3 Å². The Labute approximate surface area is 104 Å². The molecule has 0 aliphatic carbocycles. The third-order valence-corrected chi connectivity index (χ3v) is 3.17. The molecule has 4 heteroatoms. The zero-order valence-corrected chi connectivity index (χ0v) is 11.0. The predicted molar refractivity (Wildman–Crippen MR) is 66.7 cm³/mol. The van der Waals surface area contributed by atoms with Gasteiger partial charge in [0, 0.05) is 19.6 Å². The van der Waals surface area contributed by atoms with Gasteiger partial charge < -0.3 is 15.2 Å². The Balaban J connectivity index is 2.11. The molecule has 0 saturated carbocycles. The number of nitrogens with one attached hydrogen (secondary N) is 1. The summed E-state index contributed by atoms with van der Waals surface area (Å²) in [4.78, 5) is 11.6. The van der Waals surface area contributed by atoms with Crippen LogP contribution in [0, 0.1) is 0 Å². The molecule has 17 heavy (non-hydrogen) atoms. The average molecular weight is 243 g/mol. The zero-order valence-electron chi connectivity index (χ0n) is 11.0. The van der Waals surface area contributed by atoms with Gasteiger partial charge in [0.15, 0.2) is 0 Å². The maximum Gasteiger partial charge on any atom is 0.220 e. The third-order valence-electron chi connectivity index (χ3n) is 3.17. The Morgan fingerprint density at radius 2 is 2.35 bits per heavy atom. The molecular weight excluding hydrogens is 218 g/mol. The van der Waals surface area contributed by atoms with Crippen molar-refractivity contribution in [3.63, 3.8) is 0 Å². The van der Waals surface area contributed by atoms with Gasteiger partial charge in [-0.15, -0.1) is 0 Å². The maximum absolute atomic E-state index is 11.6. The molecular formula is C13H25NO3. The van der Waals surface area contributed by atoms with Crippen LogP contribution in [0.4, 0.5) is 0 Å². The van der Waals surface area contributed by atoms with Crippen molar-refractivity contribution in [2.45, 2.75) is 64.1 Å². The van der Waals surface area contributed by atoms with Crippen LogP contribution in [0.3, 0.4) is 0 Å². The second-order valence-corrected chi connectivity index (χ2v) is 5.20. The number of ether oxygens (including phenoxy) is 1. The summed E-state index contributed by atoms with van der Waals surface area (Å²) in [6, 6.07) is 0. The highest BCUT2D eigenvalue weighted by Gasteiger charge is 2.21. The molecule has 2 N–H and O–H groups in total. The van der Waals surface area contributed by atoms with E-state index in [4.69, 9.17) is 4.74 Å². The number of aliphatic hydroxyl groups is 1. The zero-order chi connectivity index (χ0) is 12.7. The number of amides is 1. The van der Waals surface area contributed by atoms with Gasteiger partial charge in [0.05, 0.1) is 11.7 Å². The quantitative estimate of drug-likeness (QED) is 0.714. The molecule has 1 saturated heterocycles. The largest absolute Gasteiger partial charge is 0.388 e. The SMILES string of the molecule is CCCC(C)(O)CNC(=O)CCC1CCCO1. The van der Waals surface area contributed by atoms with Crippen molar-refractivity contribution in [2.75, 3.05) is 13.2 Å². The average Bonchev–Trinajstić information content (AvgIpc) is 2.76. The van der Waals surface area contributed by atoms with Gasteiger partial charge in [0.2, 0.25) is 5.91 Å². The van der Waals surface area contributed by atoms with Crippen molar-refractivity contribution in [3.8, 4) is 0 Å². The van der Waals surface area contributed by atoms with Gasteiger partial charge in [-0.1, -0.05) is 13.3 Å². The number of hydrogen-bond acceptors (Lipinski definition) is 3. The van der Waals surface area contributed by atoms with Crippen LogP contribution in [0.15, 0.2) is 0 Å². The van der Waals surface area contributed by atoms with Gasteiger partial charge in [-0.25, -0.2) is 0 Å². The summed E-state index contributed by atoms with van der Waals surface area (Å²) >= 11 is 0. The lowest BCUT2D eigenvalue weighted by molar-refractivity contribution is -0.122. The molecule has 0 aromatic carbocycles. The van der Waals surface area contributed by atoms with Crippen LogP contribution >= 0.6 is 0 Å². The van der Waals surface area contributed by atoms with E-state index in [1.54, 1.807) is 6.92 Å². The van der Waals surface area contributed by atoms with Crippen molar-refractivity contribution in [3.05, 3.63) is 0 Å². The van der Waals surface area contributed by atoms with Crippen molar-refractivity contribution >= 4 is 5.91 Å². The van der Waals surface area contributed by atoms with Gasteiger partial charge in [0.25, 0.3) is 0 Å². The first-order chi connectivity index (χ1) is 8.03. The lowest BCUT2D eigenvalue weighted by atomic mass is 10.0. The summed E-state index contributed by atoms with van der Waals surface area (Å²) in [6.45, 7) is 4.95. The van der Waals surface area contributed by atoms with Crippen molar-refractivity contribution < 1.29 is 14.6 Å². The molecule has 0 aromatic heterocycles. The van der Waals surface area contributed by atoms with Crippen LogP contribution in [0.2, 0.25) is 0 Å². The first kappa shape index (κ1) is 14.5. The molecule has 2 atom stereocenters. The molecule has 0 bridgehead atoms. The molecule has 1 fully saturated rings. The molecule has 2 unspecified atom stereocenters. The van der Waals surface area contributed by atoms with E-state index >= 15 is 0 Å². The standard InChI is InChI=1S/C13H25NO3/c1-3-8-13(2,16)10-14-12(15)7-6-11-5-4-9-17-11/h11,16H,3-10H2,1-2H3,(H,14,15). The summed E-state index contributed by atoms with van der Waals surface area (Å²) in [7, 11) is 0. The van der Waals surface area contributed by atoms with E-state index in [1.165, 1.54) is 0 Å². The van der Waals surface area contributed by atoms with E-state index < -0.39 is 5.60 Å². The summed E-state index contributed by atoms with van der Waals surface area (Å²) in [6.07, 6.45) is 5.35. The normalized spacial score (nSPS) is 23.4. The molecule has 1 aliphatic heterocycles. The van der Waals surface area contributed by atoms with E-state index in [2.05, 4.69) is 5.32 Å². The molecule has 1 aliphatic rings. The molecule has 100 valence electrons. The fourth-order valence-corrected chi connectivity index (χ4v) is 2.17. The minimum absolute atomic E-state index is 0.0110. The Morgan fingerprint density at radius 3 is 2.94 bits per heavy atom. The second kappa shape index (κ2) is 6.97. The van der Waals surface area contributed by atoms with Crippen LogP contribution in [0.25, 0.3) is 0 Å². The Morgan fingerprint density at radius 1 is 1.59 bits per heavy atom. The molecule has 1 heterocycles. The summed E-state index contributed by atoms with van der Waals surface area (Å²) in [5.41, 5.74) is -0.783. The van der Waals surface area contributed by atoms with Crippen LogP contribution in [-0.4, -0.2) is 35.9 Å².